The molecule has 0 aromatic carbocycles. The molecule has 2 saturated heterocycles. The van der Waals surface area contributed by atoms with Crippen LogP contribution in [0, 0.1) is 5.92 Å². The number of rotatable bonds is 1. The molecule has 0 radical (unpaired) electrons. The lowest BCUT2D eigenvalue weighted by atomic mass is 9.99. The van der Waals surface area contributed by atoms with Gasteiger partial charge in [0.25, 0.3) is 5.91 Å². The van der Waals surface area contributed by atoms with Crippen LogP contribution in [0.1, 0.15) is 16.8 Å². The number of likely N-dealkylation sites (tertiary alicyclic amines) is 1. The summed E-state index contributed by atoms with van der Waals surface area (Å²) in [5.74, 6) is -1.97. The predicted octanol–water partition coefficient (Wildman–Crippen LogP) is 1.15. The summed E-state index contributed by atoms with van der Waals surface area (Å²) in [5.41, 5.74) is 0.747. The first-order valence-corrected chi connectivity index (χ1v) is 7.00. The number of hydrogen-bond acceptors (Lipinski definition) is 4. The van der Waals surface area contributed by atoms with Crippen LogP contribution < -0.4 is 5.32 Å². The Hall–Kier alpha value is -2.16. The van der Waals surface area contributed by atoms with Crippen LogP contribution in [-0.4, -0.2) is 58.7 Å². The molecule has 3 rings (SSSR count). The molecule has 2 N–H and O–H groups in total. The summed E-state index contributed by atoms with van der Waals surface area (Å²) >= 11 is 0. The van der Waals surface area contributed by atoms with E-state index in [9.17, 15) is 18.0 Å². The van der Waals surface area contributed by atoms with E-state index in [1.807, 2.05) is 4.90 Å². The molecular weight excluding hydrogens is 315 g/mol. The lowest BCUT2D eigenvalue weighted by Crippen LogP contribution is -2.44. The SMILES string of the molecule is O=C(O)C(F)(F)F.O=C(c1ccncc1)N1C[C@H]2CN[C@H](C2)C1. The zero-order valence-electron chi connectivity index (χ0n) is 12.1. The third-order valence-corrected chi connectivity index (χ3v) is 3.69. The number of alkyl halides is 3. The second-order valence-corrected chi connectivity index (χ2v) is 5.46. The first-order chi connectivity index (χ1) is 10.8. The quantitative estimate of drug-likeness (QED) is 0.807. The summed E-state index contributed by atoms with van der Waals surface area (Å²) in [6.45, 7) is 2.80. The van der Waals surface area contributed by atoms with Crippen molar-refractivity contribution in [3.8, 4) is 0 Å². The third kappa shape index (κ3) is 4.65. The number of pyridine rings is 1. The fraction of sp³-hybridized carbons (Fsp3) is 0.500. The number of halogens is 3. The molecule has 2 atom stereocenters. The number of piperidine rings is 1. The second kappa shape index (κ2) is 6.95. The van der Waals surface area contributed by atoms with Crippen LogP contribution in [-0.2, 0) is 4.79 Å². The largest absolute Gasteiger partial charge is 0.490 e. The number of carboxylic acid groups (broad SMARTS) is 1. The van der Waals surface area contributed by atoms with Gasteiger partial charge in [0.1, 0.15) is 0 Å². The Bertz CT molecular complexity index is 553. The minimum absolute atomic E-state index is 0.140. The van der Waals surface area contributed by atoms with Crippen molar-refractivity contribution < 1.29 is 27.9 Å². The lowest BCUT2D eigenvalue weighted by molar-refractivity contribution is -0.192. The highest BCUT2D eigenvalue weighted by atomic mass is 19.4. The number of carbonyl (C=O) groups is 2. The molecule has 0 spiro atoms. The maximum atomic E-state index is 12.2. The van der Waals surface area contributed by atoms with E-state index >= 15 is 0 Å². The van der Waals surface area contributed by atoms with Crippen LogP contribution in [0.25, 0.3) is 0 Å². The molecule has 2 fully saturated rings. The van der Waals surface area contributed by atoms with Crippen LogP contribution in [0.15, 0.2) is 24.5 Å². The normalized spacial score (nSPS) is 23.0. The number of carbonyl (C=O) groups excluding carboxylic acids is 1. The van der Waals surface area contributed by atoms with E-state index in [4.69, 9.17) is 9.90 Å². The van der Waals surface area contributed by atoms with E-state index < -0.39 is 12.1 Å². The molecule has 2 bridgehead atoms. The van der Waals surface area contributed by atoms with Gasteiger partial charge in [-0.1, -0.05) is 0 Å². The molecule has 23 heavy (non-hydrogen) atoms. The minimum Gasteiger partial charge on any atom is -0.475 e. The van der Waals surface area contributed by atoms with Crippen molar-refractivity contribution in [3.63, 3.8) is 0 Å². The molecule has 0 unspecified atom stereocenters. The van der Waals surface area contributed by atoms with Crippen LogP contribution in [0.2, 0.25) is 0 Å². The molecule has 2 aliphatic rings. The number of amides is 1. The molecule has 126 valence electrons. The monoisotopic (exact) mass is 331 g/mol. The lowest BCUT2D eigenvalue weighted by Gasteiger charge is -2.31. The fourth-order valence-electron chi connectivity index (χ4n) is 2.68. The van der Waals surface area contributed by atoms with Crippen molar-refractivity contribution in [1.82, 2.24) is 15.2 Å². The zero-order chi connectivity index (χ0) is 17.0. The Morgan fingerprint density at radius 1 is 1.26 bits per heavy atom. The van der Waals surface area contributed by atoms with E-state index in [1.165, 1.54) is 6.42 Å². The molecule has 9 heteroatoms. The maximum Gasteiger partial charge on any atom is 0.490 e. The van der Waals surface area contributed by atoms with Crippen molar-refractivity contribution >= 4 is 11.9 Å². The van der Waals surface area contributed by atoms with E-state index in [0.717, 1.165) is 25.2 Å². The number of hydrogen-bond donors (Lipinski definition) is 2. The van der Waals surface area contributed by atoms with Crippen LogP contribution in [0.5, 0.6) is 0 Å². The maximum absolute atomic E-state index is 12.2. The third-order valence-electron chi connectivity index (χ3n) is 3.69. The van der Waals surface area contributed by atoms with Gasteiger partial charge >= 0.3 is 12.1 Å². The first-order valence-electron chi connectivity index (χ1n) is 7.00. The molecular formula is C14H16F3N3O3. The topological polar surface area (TPSA) is 82.5 Å². The van der Waals surface area contributed by atoms with Crippen molar-refractivity contribution in [2.45, 2.75) is 18.6 Å². The Kier molecular flexibility index (Phi) is 5.19. The van der Waals surface area contributed by atoms with Gasteiger partial charge in [0.15, 0.2) is 0 Å². The highest BCUT2D eigenvalue weighted by molar-refractivity contribution is 5.94. The number of aromatic nitrogens is 1. The highest BCUT2D eigenvalue weighted by Gasteiger charge is 2.38. The van der Waals surface area contributed by atoms with Gasteiger partial charge in [-0.2, -0.15) is 13.2 Å². The summed E-state index contributed by atoms with van der Waals surface area (Å²) in [5, 5.41) is 10.6. The number of carboxylic acids is 1. The summed E-state index contributed by atoms with van der Waals surface area (Å²) in [6, 6.07) is 4.07. The van der Waals surface area contributed by atoms with Gasteiger partial charge in [0.05, 0.1) is 0 Å². The summed E-state index contributed by atoms with van der Waals surface area (Å²) in [4.78, 5) is 27.0. The Morgan fingerprint density at radius 2 is 1.87 bits per heavy atom. The summed E-state index contributed by atoms with van der Waals surface area (Å²) < 4.78 is 31.7. The number of fused-ring (bicyclic) bond motifs is 2. The van der Waals surface area contributed by atoms with Gasteiger partial charge in [-0.15, -0.1) is 0 Å². The number of nitrogens with zero attached hydrogens (tertiary/aromatic N) is 2. The van der Waals surface area contributed by atoms with Gasteiger partial charge in [-0.05, 0) is 24.5 Å². The van der Waals surface area contributed by atoms with Crippen molar-refractivity contribution in [1.29, 1.82) is 0 Å². The number of nitrogens with one attached hydrogen (secondary N) is 1. The Labute approximate surface area is 130 Å². The molecule has 1 aromatic heterocycles. The smallest absolute Gasteiger partial charge is 0.475 e. The van der Waals surface area contributed by atoms with E-state index in [0.29, 0.717) is 12.0 Å². The van der Waals surface area contributed by atoms with Crippen molar-refractivity contribution in [3.05, 3.63) is 30.1 Å². The van der Waals surface area contributed by atoms with Crippen LogP contribution >= 0.6 is 0 Å². The molecule has 0 aliphatic carbocycles. The van der Waals surface area contributed by atoms with Crippen molar-refractivity contribution in [2.24, 2.45) is 5.92 Å². The van der Waals surface area contributed by atoms with Gasteiger partial charge in [0.2, 0.25) is 0 Å². The van der Waals surface area contributed by atoms with Gasteiger partial charge in [-0.3, -0.25) is 9.78 Å². The van der Waals surface area contributed by atoms with Crippen LogP contribution in [0.3, 0.4) is 0 Å². The second-order valence-electron chi connectivity index (χ2n) is 5.46. The summed E-state index contributed by atoms with van der Waals surface area (Å²) in [6.07, 6.45) is -0.520. The molecule has 1 aromatic rings. The van der Waals surface area contributed by atoms with Crippen LogP contribution in [0.4, 0.5) is 13.2 Å². The standard InChI is InChI=1S/C12H15N3O.C2HF3O2/c16-12(10-1-3-13-4-2-10)15-7-9-5-11(8-15)14-6-9;3-2(4,5)1(6)7/h1-4,9,11,14H,5-8H2;(H,6,7)/t9-,11-;/m1./s1. The Morgan fingerprint density at radius 3 is 2.39 bits per heavy atom. The van der Waals surface area contributed by atoms with E-state index in [-0.39, 0.29) is 5.91 Å². The average Bonchev–Trinajstić information content (AvgIpc) is 2.85. The summed E-state index contributed by atoms with van der Waals surface area (Å²) in [7, 11) is 0. The molecule has 1 amide bonds. The first kappa shape index (κ1) is 17.2. The molecule has 2 aliphatic heterocycles. The van der Waals surface area contributed by atoms with Gasteiger partial charge in [-0.25, -0.2) is 4.79 Å². The van der Waals surface area contributed by atoms with E-state index in [1.54, 1.807) is 24.5 Å². The van der Waals surface area contributed by atoms with Gasteiger partial charge < -0.3 is 15.3 Å². The van der Waals surface area contributed by atoms with Gasteiger partial charge in [0, 0.05) is 43.6 Å². The molecule has 3 heterocycles. The molecule has 0 saturated carbocycles. The predicted molar refractivity (Wildman–Crippen MR) is 73.7 cm³/mol. The van der Waals surface area contributed by atoms with E-state index in [2.05, 4.69) is 10.3 Å². The molecule has 6 nitrogen and oxygen atoms in total. The fourth-order valence-corrected chi connectivity index (χ4v) is 2.68. The minimum atomic E-state index is -5.08. The zero-order valence-corrected chi connectivity index (χ0v) is 12.1. The number of aliphatic carboxylic acids is 1. The average molecular weight is 331 g/mol. The highest BCUT2D eigenvalue weighted by Crippen LogP contribution is 2.23. The Balaban J connectivity index is 0.000000236. The van der Waals surface area contributed by atoms with Crippen molar-refractivity contribution in [2.75, 3.05) is 19.6 Å².